The second-order valence-corrected chi connectivity index (χ2v) is 10.8. The molecule has 7 nitrogen and oxygen atoms in total. The summed E-state index contributed by atoms with van der Waals surface area (Å²) in [5, 5.41) is 2.67. The van der Waals surface area contributed by atoms with Gasteiger partial charge in [-0.05, 0) is 73.4 Å². The van der Waals surface area contributed by atoms with Crippen LogP contribution in [0.1, 0.15) is 44.1 Å². The van der Waals surface area contributed by atoms with Crippen LogP contribution in [0.4, 0.5) is 26.0 Å². The lowest BCUT2D eigenvalue weighted by atomic mass is 10.1. The summed E-state index contributed by atoms with van der Waals surface area (Å²) in [5.41, 5.74) is 2.69. The maximum absolute atomic E-state index is 14.5. The number of rotatable bonds is 4. The first kappa shape index (κ1) is 25.8. The van der Waals surface area contributed by atoms with Gasteiger partial charge in [-0.25, -0.2) is 13.8 Å². The first-order chi connectivity index (χ1) is 19.3. The van der Waals surface area contributed by atoms with E-state index in [0.29, 0.717) is 46.9 Å². The molecule has 2 aromatic heterocycles. The van der Waals surface area contributed by atoms with Crippen LogP contribution in [-0.2, 0) is 11.2 Å². The summed E-state index contributed by atoms with van der Waals surface area (Å²) in [4.78, 5) is 47.7. The molecule has 1 fully saturated rings. The smallest absolute Gasteiger partial charge is 0.276 e. The lowest BCUT2D eigenvalue weighted by molar-refractivity contribution is -0.117. The molecule has 2 aromatic carbocycles. The van der Waals surface area contributed by atoms with Crippen molar-refractivity contribution in [2.75, 3.05) is 28.2 Å². The van der Waals surface area contributed by atoms with Crippen molar-refractivity contribution in [3.63, 3.8) is 0 Å². The molecule has 2 aliphatic heterocycles. The first-order valence-corrected chi connectivity index (χ1v) is 13.7. The van der Waals surface area contributed by atoms with E-state index in [1.54, 1.807) is 54.3 Å². The molecule has 1 N–H and O–H groups in total. The van der Waals surface area contributed by atoms with E-state index in [-0.39, 0.29) is 23.8 Å². The normalized spacial score (nSPS) is 14.5. The Morgan fingerprint density at radius 2 is 1.82 bits per heavy atom. The standard InChI is InChI=1S/C30H24F2N4O3S/c1-17-5-2-6-21(32)27(17)34-29(38)24-15-18-12-14-35(23-16-19(31)10-11-20(23)28(18)40-24)30(39)22-7-3-8-25(33-22)36-13-4-9-26(36)37/h2-3,5-8,10-11,15-16H,4,9,12-14H2,1H3,(H,34,38). The molecule has 4 heterocycles. The summed E-state index contributed by atoms with van der Waals surface area (Å²) >= 11 is 1.21. The predicted molar refractivity (Wildman–Crippen MR) is 150 cm³/mol. The molecular formula is C30H24F2N4O3S. The summed E-state index contributed by atoms with van der Waals surface area (Å²) in [6.07, 6.45) is 1.59. The predicted octanol–water partition coefficient (Wildman–Crippen LogP) is 5.98. The van der Waals surface area contributed by atoms with E-state index >= 15 is 0 Å². The number of fused-ring (bicyclic) bond motifs is 3. The minimum atomic E-state index is -0.520. The third-order valence-corrected chi connectivity index (χ3v) is 8.35. The molecule has 0 saturated carbocycles. The van der Waals surface area contributed by atoms with Crippen molar-refractivity contribution in [3.05, 3.63) is 94.0 Å². The Morgan fingerprint density at radius 1 is 1.00 bits per heavy atom. The van der Waals surface area contributed by atoms with E-state index in [0.717, 1.165) is 16.9 Å². The van der Waals surface area contributed by atoms with Crippen LogP contribution >= 0.6 is 11.3 Å². The Hall–Kier alpha value is -4.44. The van der Waals surface area contributed by atoms with Gasteiger partial charge in [0.15, 0.2) is 0 Å². The Morgan fingerprint density at radius 3 is 2.60 bits per heavy atom. The average molecular weight is 559 g/mol. The number of carbonyl (C=O) groups is 3. The van der Waals surface area contributed by atoms with Crippen molar-refractivity contribution in [1.29, 1.82) is 0 Å². The van der Waals surface area contributed by atoms with E-state index in [1.165, 1.54) is 34.4 Å². The van der Waals surface area contributed by atoms with Crippen LogP contribution in [0.25, 0.3) is 10.4 Å². The molecular weight excluding hydrogens is 534 g/mol. The molecule has 202 valence electrons. The summed E-state index contributed by atoms with van der Waals surface area (Å²) in [5.74, 6) is -1.50. The van der Waals surface area contributed by atoms with Crippen LogP contribution < -0.4 is 15.1 Å². The topological polar surface area (TPSA) is 82.6 Å². The zero-order chi connectivity index (χ0) is 28.0. The van der Waals surface area contributed by atoms with E-state index < -0.39 is 23.4 Å². The molecule has 0 spiro atoms. The fourth-order valence-electron chi connectivity index (χ4n) is 5.12. The quantitative estimate of drug-likeness (QED) is 0.334. The minimum Gasteiger partial charge on any atom is -0.319 e. The van der Waals surface area contributed by atoms with Crippen molar-refractivity contribution < 1.29 is 23.2 Å². The Kier molecular flexibility index (Phi) is 6.63. The van der Waals surface area contributed by atoms with Crippen LogP contribution in [0.3, 0.4) is 0 Å². The summed E-state index contributed by atoms with van der Waals surface area (Å²) in [6.45, 7) is 2.49. The summed E-state index contributed by atoms with van der Waals surface area (Å²) in [7, 11) is 0. The number of benzene rings is 2. The number of aromatic nitrogens is 1. The number of nitrogens with one attached hydrogen (secondary N) is 1. The molecule has 0 bridgehead atoms. The number of thiophene rings is 1. The van der Waals surface area contributed by atoms with Gasteiger partial charge in [0.05, 0.1) is 16.3 Å². The number of hydrogen-bond donors (Lipinski definition) is 1. The zero-order valence-electron chi connectivity index (χ0n) is 21.5. The molecule has 4 aromatic rings. The highest BCUT2D eigenvalue weighted by Crippen LogP contribution is 2.42. The molecule has 10 heteroatoms. The van der Waals surface area contributed by atoms with Gasteiger partial charge >= 0.3 is 0 Å². The zero-order valence-corrected chi connectivity index (χ0v) is 22.4. The molecule has 0 radical (unpaired) electrons. The van der Waals surface area contributed by atoms with Crippen LogP contribution in [0.2, 0.25) is 0 Å². The SMILES string of the molecule is Cc1cccc(F)c1NC(=O)c1cc2c(s1)-c1ccc(F)cc1N(C(=O)c1cccc(N3CCCC3=O)n1)CC2. The van der Waals surface area contributed by atoms with Gasteiger partial charge in [0, 0.05) is 30.0 Å². The second-order valence-electron chi connectivity index (χ2n) is 9.75. The largest absolute Gasteiger partial charge is 0.319 e. The number of nitrogens with zero attached hydrogens (tertiary/aromatic N) is 3. The molecule has 6 rings (SSSR count). The number of para-hydroxylation sites is 1. The molecule has 0 aliphatic carbocycles. The van der Waals surface area contributed by atoms with Crippen LogP contribution in [-0.4, -0.2) is 35.8 Å². The van der Waals surface area contributed by atoms with E-state index in [4.69, 9.17) is 0 Å². The third-order valence-electron chi connectivity index (χ3n) is 7.14. The summed E-state index contributed by atoms with van der Waals surface area (Å²) in [6, 6.07) is 15.5. The molecule has 0 atom stereocenters. The average Bonchev–Trinajstić information content (AvgIpc) is 3.54. The van der Waals surface area contributed by atoms with Gasteiger partial charge in [-0.3, -0.25) is 19.3 Å². The van der Waals surface area contributed by atoms with Crippen molar-refractivity contribution in [2.45, 2.75) is 26.2 Å². The van der Waals surface area contributed by atoms with E-state index in [9.17, 15) is 23.2 Å². The number of pyridine rings is 1. The highest BCUT2D eigenvalue weighted by atomic mass is 32.1. The number of carbonyl (C=O) groups excluding carboxylic acids is 3. The van der Waals surface area contributed by atoms with Gasteiger partial charge in [-0.1, -0.05) is 18.2 Å². The number of hydrogen-bond acceptors (Lipinski definition) is 5. The van der Waals surface area contributed by atoms with Crippen LogP contribution in [0.5, 0.6) is 0 Å². The Bertz CT molecular complexity index is 1670. The minimum absolute atomic E-state index is 0.0336. The third kappa shape index (κ3) is 4.64. The second kappa shape index (κ2) is 10.3. The number of aryl methyl sites for hydroxylation is 1. The monoisotopic (exact) mass is 558 g/mol. The van der Waals surface area contributed by atoms with Gasteiger partial charge in [0.2, 0.25) is 5.91 Å². The van der Waals surface area contributed by atoms with Gasteiger partial charge in [-0.15, -0.1) is 11.3 Å². The maximum atomic E-state index is 14.5. The molecule has 1 saturated heterocycles. The van der Waals surface area contributed by atoms with Gasteiger partial charge in [-0.2, -0.15) is 0 Å². The molecule has 2 aliphatic rings. The van der Waals surface area contributed by atoms with Crippen molar-refractivity contribution >= 4 is 46.3 Å². The molecule has 3 amide bonds. The van der Waals surface area contributed by atoms with Gasteiger partial charge in [0.25, 0.3) is 11.8 Å². The number of amides is 3. The number of anilines is 3. The highest BCUT2D eigenvalue weighted by Gasteiger charge is 2.30. The highest BCUT2D eigenvalue weighted by molar-refractivity contribution is 7.17. The lowest BCUT2D eigenvalue weighted by Crippen LogP contribution is -2.34. The van der Waals surface area contributed by atoms with Crippen molar-refractivity contribution in [3.8, 4) is 10.4 Å². The molecule has 40 heavy (non-hydrogen) atoms. The molecule has 0 unspecified atom stereocenters. The van der Waals surface area contributed by atoms with Crippen LogP contribution in [0.15, 0.2) is 60.7 Å². The van der Waals surface area contributed by atoms with Crippen molar-refractivity contribution in [2.24, 2.45) is 0 Å². The fourth-order valence-corrected chi connectivity index (χ4v) is 6.26. The Balaban J connectivity index is 1.33. The van der Waals surface area contributed by atoms with E-state index in [1.807, 2.05) is 0 Å². The van der Waals surface area contributed by atoms with E-state index in [2.05, 4.69) is 10.3 Å². The Labute approximate surface area is 233 Å². The number of halogens is 2. The first-order valence-electron chi connectivity index (χ1n) is 12.9. The maximum Gasteiger partial charge on any atom is 0.276 e. The van der Waals surface area contributed by atoms with Gasteiger partial charge < -0.3 is 10.2 Å². The summed E-state index contributed by atoms with van der Waals surface area (Å²) < 4.78 is 28.8. The van der Waals surface area contributed by atoms with Crippen molar-refractivity contribution in [1.82, 2.24) is 4.98 Å². The van der Waals surface area contributed by atoms with Gasteiger partial charge in [0.1, 0.15) is 23.1 Å². The lowest BCUT2D eigenvalue weighted by Gasteiger charge is -2.23. The van der Waals surface area contributed by atoms with Crippen LogP contribution in [0, 0.1) is 18.6 Å². The fraction of sp³-hybridized carbons (Fsp3) is 0.200.